The number of nitrogens with one attached hydrogen (secondary N) is 1. The van der Waals surface area contributed by atoms with Crippen LogP contribution in [-0.4, -0.2) is 30.8 Å². The maximum Gasteiger partial charge on any atom is 0.408 e. The van der Waals surface area contributed by atoms with E-state index in [0.29, 0.717) is 6.42 Å². The third kappa shape index (κ3) is 3.86. The second-order valence-electron chi connectivity index (χ2n) is 9.34. The van der Waals surface area contributed by atoms with Gasteiger partial charge in [-0.1, -0.05) is 0 Å². The summed E-state index contributed by atoms with van der Waals surface area (Å²) in [5.74, 6) is 2.08. The highest BCUT2D eigenvalue weighted by Crippen LogP contribution is 2.61. The maximum atomic E-state index is 12.2. The van der Waals surface area contributed by atoms with Crippen molar-refractivity contribution in [2.45, 2.75) is 77.4 Å². The molecule has 0 saturated heterocycles. The molecule has 0 aromatic carbocycles. The fraction of sp³-hybridized carbons (Fsp3) is 0.895. The lowest BCUT2D eigenvalue weighted by molar-refractivity contribution is -0.146. The molecule has 0 aromatic rings. The minimum atomic E-state index is -0.610. The van der Waals surface area contributed by atoms with Crippen molar-refractivity contribution in [2.24, 2.45) is 23.2 Å². The Balaban J connectivity index is 1.68. The van der Waals surface area contributed by atoms with E-state index in [1.54, 1.807) is 0 Å². The molecule has 0 radical (unpaired) electrons. The van der Waals surface area contributed by atoms with Gasteiger partial charge in [0, 0.05) is 0 Å². The Morgan fingerprint density at radius 1 is 1.08 bits per heavy atom. The number of alkyl carbamates (subject to hydrolysis) is 1. The van der Waals surface area contributed by atoms with Crippen molar-refractivity contribution in [1.82, 2.24) is 5.32 Å². The van der Waals surface area contributed by atoms with E-state index < -0.39 is 17.7 Å². The molecule has 1 amide bonds. The summed E-state index contributed by atoms with van der Waals surface area (Å²) in [5, 5.41) is 2.76. The summed E-state index contributed by atoms with van der Waals surface area (Å²) in [6.45, 7) is 5.45. The summed E-state index contributed by atoms with van der Waals surface area (Å²) in [6, 6.07) is -0.610. The van der Waals surface area contributed by atoms with Crippen LogP contribution in [0.25, 0.3) is 0 Å². The Labute approximate surface area is 144 Å². The first-order chi connectivity index (χ1) is 11.2. The van der Waals surface area contributed by atoms with E-state index in [-0.39, 0.29) is 11.4 Å². The molecular weight excluding hydrogens is 306 g/mol. The zero-order valence-electron chi connectivity index (χ0n) is 15.4. The fourth-order valence-corrected chi connectivity index (χ4v) is 5.76. The third-order valence-corrected chi connectivity index (χ3v) is 5.98. The van der Waals surface area contributed by atoms with E-state index in [9.17, 15) is 9.59 Å². The van der Waals surface area contributed by atoms with Crippen molar-refractivity contribution < 1.29 is 19.1 Å². The maximum absolute atomic E-state index is 12.2. The summed E-state index contributed by atoms with van der Waals surface area (Å²) >= 11 is 0. The lowest BCUT2D eigenvalue weighted by Crippen LogP contribution is -2.52. The average Bonchev–Trinajstić information content (AvgIpc) is 2.41. The summed E-state index contributed by atoms with van der Waals surface area (Å²) in [7, 11) is 1.38. The first kappa shape index (κ1) is 17.6. The van der Waals surface area contributed by atoms with Gasteiger partial charge in [0.1, 0.15) is 11.6 Å². The lowest BCUT2D eigenvalue weighted by Gasteiger charge is -2.57. The van der Waals surface area contributed by atoms with E-state index in [4.69, 9.17) is 9.47 Å². The molecule has 5 nitrogen and oxygen atoms in total. The van der Waals surface area contributed by atoms with Crippen molar-refractivity contribution in [2.75, 3.05) is 7.11 Å². The van der Waals surface area contributed by atoms with Crippen molar-refractivity contribution in [3.8, 4) is 0 Å². The molecule has 4 fully saturated rings. The number of carbonyl (C=O) groups excluding carboxylic acids is 2. The van der Waals surface area contributed by atoms with Crippen LogP contribution in [0.4, 0.5) is 4.79 Å². The van der Waals surface area contributed by atoms with Crippen molar-refractivity contribution in [3.63, 3.8) is 0 Å². The highest BCUT2D eigenvalue weighted by atomic mass is 16.6. The third-order valence-electron chi connectivity index (χ3n) is 5.98. The molecule has 4 aliphatic carbocycles. The first-order valence-corrected chi connectivity index (χ1v) is 9.25. The fourth-order valence-electron chi connectivity index (χ4n) is 5.76. The number of amides is 1. The van der Waals surface area contributed by atoms with Gasteiger partial charge >= 0.3 is 12.1 Å². The molecule has 24 heavy (non-hydrogen) atoms. The van der Waals surface area contributed by atoms with Gasteiger partial charge in [0.25, 0.3) is 0 Å². The molecule has 1 unspecified atom stereocenters. The largest absolute Gasteiger partial charge is 0.467 e. The molecule has 4 bridgehead atoms. The molecule has 4 aliphatic rings. The zero-order chi connectivity index (χ0) is 17.5. The Morgan fingerprint density at radius 3 is 2.00 bits per heavy atom. The second kappa shape index (κ2) is 6.23. The lowest BCUT2D eigenvalue weighted by atomic mass is 9.48. The van der Waals surface area contributed by atoms with Crippen LogP contribution in [-0.2, 0) is 14.3 Å². The summed E-state index contributed by atoms with van der Waals surface area (Å²) in [5.41, 5.74) is -0.381. The van der Waals surface area contributed by atoms with Crippen LogP contribution in [0.5, 0.6) is 0 Å². The molecule has 4 rings (SSSR count). The van der Waals surface area contributed by atoms with Gasteiger partial charge in [-0.05, 0) is 88.9 Å². The Hall–Kier alpha value is -1.26. The monoisotopic (exact) mass is 337 g/mol. The number of esters is 1. The number of hydrogen-bond acceptors (Lipinski definition) is 4. The van der Waals surface area contributed by atoms with Crippen molar-refractivity contribution in [1.29, 1.82) is 0 Å². The highest BCUT2D eigenvalue weighted by molar-refractivity contribution is 5.81. The summed E-state index contributed by atoms with van der Waals surface area (Å²) in [6.07, 6.45) is 7.82. The SMILES string of the molecule is COC(=O)C(CC12CC3CC(CC(C3)C1)C2)NC(=O)OC(C)(C)C. The zero-order valence-corrected chi connectivity index (χ0v) is 15.4. The highest BCUT2D eigenvalue weighted by Gasteiger charge is 2.52. The summed E-state index contributed by atoms with van der Waals surface area (Å²) in [4.78, 5) is 24.4. The topological polar surface area (TPSA) is 64.6 Å². The normalized spacial score (nSPS) is 35.4. The molecule has 1 N–H and O–H groups in total. The molecule has 4 saturated carbocycles. The predicted molar refractivity (Wildman–Crippen MR) is 90.4 cm³/mol. The van der Waals surface area contributed by atoms with Gasteiger partial charge in [0.05, 0.1) is 7.11 Å². The van der Waals surface area contributed by atoms with Crippen LogP contribution in [0.2, 0.25) is 0 Å². The smallest absolute Gasteiger partial charge is 0.408 e. The van der Waals surface area contributed by atoms with Gasteiger partial charge in [-0.3, -0.25) is 0 Å². The number of carbonyl (C=O) groups is 2. The van der Waals surface area contributed by atoms with Gasteiger partial charge < -0.3 is 14.8 Å². The van der Waals surface area contributed by atoms with E-state index in [1.165, 1.54) is 45.6 Å². The molecule has 136 valence electrons. The van der Waals surface area contributed by atoms with Crippen LogP contribution in [0.15, 0.2) is 0 Å². The molecule has 0 spiro atoms. The number of rotatable bonds is 4. The first-order valence-electron chi connectivity index (χ1n) is 9.25. The molecule has 0 heterocycles. The quantitative estimate of drug-likeness (QED) is 0.795. The Morgan fingerprint density at radius 2 is 1.58 bits per heavy atom. The van der Waals surface area contributed by atoms with E-state index in [1.807, 2.05) is 20.8 Å². The number of methoxy groups -OCH3 is 1. The van der Waals surface area contributed by atoms with Gasteiger partial charge in [-0.25, -0.2) is 9.59 Å². The van der Waals surface area contributed by atoms with Crippen LogP contribution in [0.1, 0.15) is 65.7 Å². The number of ether oxygens (including phenoxy) is 2. The molecule has 5 heteroatoms. The minimum Gasteiger partial charge on any atom is -0.467 e. The summed E-state index contributed by atoms with van der Waals surface area (Å²) < 4.78 is 10.3. The predicted octanol–water partition coefficient (Wildman–Crippen LogP) is 3.66. The van der Waals surface area contributed by atoms with Gasteiger partial charge in [-0.2, -0.15) is 0 Å². The van der Waals surface area contributed by atoms with Gasteiger partial charge in [-0.15, -0.1) is 0 Å². The Bertz CT molecular complexity index is 473. The van der Waals surface area contributed by atoms with Gasteiger partial charge in [0.2, 0.25) is 0 Å². The van der Waals surface area contributed by atoms with Crippen LogP contribution in [0, 0.1) is 23.2 Å². The van der Waals surface area contributed by atoms with Crippen molar-refractivity contribution >= 4 is 12.1 Å². The molecule has 0 aliphatic heterocycles. The van der Waals surface area contributed by atoms with Crippen LogP contribution < -0.4 is 5.32 Å². The van der Waals surface area contributed by atoms with E-state index >= 15 is 0 Å². The average molecular weight is 337 g/mol. The molecular formula is C19H31NO4. The van der Waals surface area contributed by atoms with Crippen LogP contribution in [0.3, 0.4) is 0 Å². The molecule has 1 atom stereocenters. The number of hydrogen-bond donors (Lipinski definition) is 1. The van der Waals surface area contributed by atoms with E-state index in [0.717, 1.165) is 17.8 Å². The minimum absolute atomic E-state index is 0.197. The Kier molecular flexibility index (Phi) is 4.56. The standard InChI is InChI=1S/C19H31NO4/c1-18(2,3)24-17(22)20-15(16(21)23-4)11-19-8-12-5-13(9-19)7-14(6-12)10-19/h12-15H,5-11H2,1-4H3,(H,20,22). The second-order valence-corrected chi connectivity index (χ2v) is 9.34. The molecule has 0 aromatic heterocycles. The van der Waals surface area contributed by atoms with Gasteiger partial charge in [0.15, 0.2) is 0 Å². The van der Waals surface area contributed by atoms with E-state index in [2.05, 4.69) is 5.32 Å². The van der Waals surface area contributed by atoms with Crippen molar-refractivity contribution in [3.05, 3.63) is 0 Å². The van der Waals surface area contributed by atoms with Crippen LogP contribution >= 0.6 is 0 Å².